The number of amides is 6. The molecule has 1 aromatic heterocycles. The van der Waals surface area contributed by atoms with Gasteiger partial charge in [-0.2, -0.15) is 0 Å². The number of nitrogens with one attached hydrogen (secondary N) is 1. The molecule has 0 radical (unpaired) electrons. The zero-order chi connectivity index (χ0) is 47.2. The zero-order valence-electron chi connectivity index (χ0n) is 38.5. The van der Waals surface area contributed by atoms with E-state index in [9.17, 15) is 28.8 Å². The molecular weight excluding hydrogens is 845 g/mol. The summed E-state index contributed by atoms with van der Waals surface area (Å²) in [6.07, 6.45) is 2.63. The molecule has 3 atom stereocenters. The molecule has 5 saturated heterocycles. The molecule has 0 saturated carbocycles. The van der Waals surface area contributed by atoms with E-state index in [1.807, 2.05) is 65.4 Å². The number of methoxy groups -OCH3 is 2. The van der Waals surface area contributed by atoms with Crippen LogP contribution in [0.25, 0.3) is 0 Å². The Bertz CT molecular complexity index is 2260. The van der Waals surface area contributed by atoms with Gasteiger partial charge in [-0.15, -0.1) is 0 Å². The molecule has 350 valence electrons. The summed E-state index contributed by atoms with van der Waals surface area (Å²) in [5.74, 6) is -3.20. The Morgan fingerprint density at radius 3 is 1.76 bits per heavy atom. The minimum atomic E-state index is -1.29. The van der Waals surface area contributed by atoms with Crippen LogP contribution in [0.2, 0.25) is 0 Å². The average Bonchev–Trinajstić information content (AvgIpc) is 3.78. The van der Waals surface area contributed by atoms with Gasteiger partial charge in [-0.3, -0.25) is 28.8 Å². The summed E-state index contributed by atoms with van der Waals surface area (Å²) in [6, 6.07) is 26.8. The van der Waals surface area contributed by atoms with Crippen molar-refractivity contribution in [2.24, 2.45) is 0 Å². The van der Waals surface area contributed by atoms with E-state index in [1.54, 1.807) is 34.0 Å². The second-order valence-corrected chi connectivity index (χ2v) is 17.8. The number of fused-ring (bicyclic) bond motifs is 2. The van der Waals surface area contributed by atoms with Gasteiger partial charge >= 0.3 is 0 Å². The number of carbonyl (C=O) groups is 6. The summed E-state index contributed by atoms with van der Waals surface area (Å²) in [6.45, 7) is 5.55. The van der Waals surface area contributed by atoms with Gasteiger partial charge in [0.15, 0.2) is 6.29 Å². The van der Waals surface area contributed by atoms with E-state index >= 15 is 0 Å². The van der Waals surface area contributed by atoms with E-state index < -0.39 is 77.5 Å². The second-order valence-electron chi connectivity index (χ2n) is 17.8. The van der Waals surface area contributed by atoms with Gasteiger partial charge in [-0.1, -0.05) is 91.0 Å². The molecule has 9 rings (SSSR count). The first kappa shape index (κ1) is 47.5. The third kappa shape index (κ3) is 10.2. The van der Waals surface area contributed by atoms with Gasteiger partial charge in [0.25, 0.3) is 0 Å². The number of rotatable bonds is 12. The Morgan fingerprint density at radius 1 is 0.682 bits per heavy atom. The predicted molar refractivity (Wildman–Crippen MR) is 242 cm³/mol. The highest BCUT2D eigenvalue weighted by molar-refractivity contribution is 5.97. The Labute approximate surface area is 385 Å². The molecule has 0 spiro atoms. The Balaban J connectivity index is 1.30. The van der Waals surface area contributed by atoms with Gasteiger partial charge in [-0.05, 0) is 44.4 Å². The highest BCUT2D eigenvalue weighted by Gasteiger charge is 2.44. The predicted octanol–water partition coefficient (Wildman–Crippen LogP) is 2.13. The first-order valence-corrected chi connectivity index (χ1v) is 22.3. The molecule has 0 aliphatic carbocycles. The summed E-state index contributed by atoms with van der Waals surface area (Å²) >= 11 is 0. The van der Waals surface area contributed by atoms with Crippen molar-refractivity contribution < 1.29 is 43.0 Å². The van der Waals surface area contributed by atoms with Gasteiger partial charge in [0.05, 0.1) is 43.9 Å². The minimum absolute atomic E-state index is 0.0213. The third-order valence-corrected chi connectivity index (χ3v) is 12.5. The van der Waals surface area contributed by atoms with Gasteiger partial charge in [-0.25, -0.2) is 4.98 Å². The number of benzene rings is 3. The molecule has 0 unspecified atom stereocenters. The molecule has 3 aromatic carbocycles. The molecule has 17 nitrogen and oxygen atoms in total. The van der Waals surface area contributed by atoms with Crippen LogP contribution in [0.5, 0.6) is 0 Å². The Hall–Kier alpha value is -6.43. The lowest BCUT2D eigenvalue weighted by molar-refractivity contribution is -0.162. The Kier molecular flexibility index (Phi) is 14.7. The third-order valence-electron chi connectivity index (χ3n) is 12.5. The molecule has 6 heterocycles. The van der Waals surface area contributed by atoms with Gasteiger partial charge < -0.3 is 48.6 Å². The van der Waals surface area contributed by atoms with Crippen LogP contribution in [-0.2, 0) is 54.9 Å². The summed E-state index contributed by atoms with van der Waals surface area (Å²) < 4.78 is 19.0. The van der Waals surface area contributed by atoms with Crippen molar-refractivity contribution in [3.05, 3.63) is 126 Å². The minimum Gasteiger partial charge on any atom is -0.373 e. The molecule has 17 heteroatoms. The lowest BCUT2D eigenvalue weighted by Crippen LogP contribution is -2.65. The highest BCUT2D eigenvalue weighted by atomic mass is 16.7. The molecule has 5 aliphatic heterocycles. The molecule has 5 fully saturated rings. The van der Waals surface area contributed by atoms with Crippen molar-refractivity contribution >= 4 is 35.4 Å². The van der Waals surface area contributed by atoms with Crippen LogP contribution in [0, 0.1) is 0 Å². The number of ether oxygens (including phenoxy) is 3. The van der Waals surface area contributed by atoms with Crippen molar-refractivity contribution in [2.45, 2.75) is 69.7 Å². The van der Waals surface area contributed by atoms with Crippen LogP contribution in [0.1, 0.15) is 50.1 Å². The maximum absolute atomic E-state index is 14.9. The van der Waals surface area contributed by atoms with Crippen LogP contribution >= 0.6 is 0 Å². The topological polar surface area (TPSA) is 176 Å². The standard InChI is InChI=1S/C49H60N8O9/c1-34-45(61)52-22-24-56(34)42(59)29-53-23-25-57(43(60)30-54(31-44(64-5)65-6)46(62)39(51-41(58)28-52)32-66-48(2,3)4)40(47(53)63)26-38-27-55(33-50-38)49(35-16-10-7-11-17-35,36-18-12-8-13-19-36)37-20-14-9-15-21-37/h7-21,27,33-34,39-40,44H,22-26,28-32H2,1-6H3,(H,51,58)/t34-,39-,40-/m0/s1. The summed E-state index contributed by atoms with van der Waals surface area (Å²) in [7, 11) is 2.80. The van der Waals surface area contributed by atoms with E-state index in [0.29, 0.717) is 5.69 Å². The van der Waals surface area contributed by atoms with Gasteiger partial charge in [0.2, 0.25) is 35.4 Å². The summed E-state index contributed by atoms with van der Waals surface area (Å²) in [4.78, 5) is 97.4. The molecule has 4 bridgehead atoms. The van der Waals surface area contributed by atoms with Crippen LogP contribution in [0.3, 0.4) is 0 Å². The first-order chi connectivity index (χ1) is 31.6. The van der Waals surface area contributed by atoms with Gasteiger partial charge in [0.1, 0.15) is 30.2 Å². The summed E-state index contributed by atoms with van der Waals surface area (Å²) in [5.41, 5.74) is 1.78. The van der Waals surface area contributed by atoms with E-state index in [-0.39, 0.29) is 58.8 Å². The van der Waals surface area contributed by atoms with E-state index in [1.165, 1.54) is 38.7 Å². The fourth-order valence-corrected chi connectivity index (χ4v) is 9.06. The molecular formula is C49H60N8O9. The lowest BCUT2D eigenvalue weighted by atomic mass is 9.77. The van der Waals surface area contributed by atoms with Gasteiger partial charge in [0, 0.05) is 53.0 Å². The van der Waals surface area contributed by atoms with Crippen LogP contribution in [0.4, 0.5) is 0 Å². The smallest absolute Gasteiger partial charge is 0.248 e. The zero-order valence-corrected chi connectivity index (χ0v) is 38.5. The van der Waals surface area contributed by atoms with Crippen molar-refractivity contribution in [1.29, 1.82) is 0 Å². The fourth-order valence-electron chi connectivity index (χ4n) is 9.06. The fraction of sp³-hybridized carbons (Fsp3) is 0.449. The number of hydrogen-bond acceptors (Lipinski definition) is 10. The highest BCUT2D eigenvalue weighted by Crippen LogP contribution is 2.41. The monoisotopic (exact) mass is 904 g/mol. The van der Waals surface area contributed by atoms with E-state index in [4.69, 9.17) is 19.2 Å². The average molecular weight is 905 g/mol. The van der Waals surface area contributed by atoms with Crippen LogP contribution < -0.4 is 5.32 Å². The molecule has 5 aliphatic rings. The SMILES string of the molecule is COC(CN1CC(=O)N2CCN(CC(=O)N3CCN(CC(=O)N[C@@H](COC(C)(C)C)C1=O)C(=O)[C@@H]3C)C(=O)[C@@H]2Cc1cn(C(c2ccccc2)(c2ccccc2)c2ccccc2)cn1)OC. The maximum Gasteiger partial charge on any atom is 0.248 e. The summed E-state index contributed by atoms with van der Waals surface area (Å²) in [5, 5.41) is 2.75. The number of imidazole rings is 1. The molecule has 4 aromatic rings. The van der Waals surface area contributed by atoms with Crippen LogP contribution in [0.15, 0.2) is 104 Å². The van der Waals surface area contributed by atoms with Crippen molar-refractivity contribution in [1.82, 2.24) is 39.4 Å². The number of hydrogen-bond donors (Lipinski definition) is 1. The Morgan fingerprint density at radius 2 is 1.21 bits per heavy atom. The van der Waals surface area contributed by atoms with E-state index in [2.05, 4.69) is 41.7 Å². The molecule has 66 heavy (non-hydrogen) atoms. The first-order valence-electron chi connectivity index (χ1n) is 22.3. The van der Waals surface area contributed by atoms with Crippen molar-refractivity contribution in [3.63, 3.8) is 0 Å². The lowest BCUT2D eigenvalue weighted by Gasteiger charge is -2.43. The quantitative estimate of drug-likeness (QED) is 0.164. The molecule has 6 amide bonds. The number of piperazine rings is 2. The number of carbonyl (C=O) groups excluding carboxylic acids is 6. The largest absolute Gasteiger partial charge is 0.373 e. The molecule has 1 N–H and O–H groups in total. The second kappa shape index (κ2) is 20.4. The van der Waals surface area contributed by atoms with Crippen LogP contribution in [-0.4, -0.2) is 173 Å². The number of aromatic nitrogens is 2. The van der Waals surface area contributed by atoms with E-state index in [0.717, 1.165) is 16.7 Å². The van der Waals surface area contributed by atoms with Crippen molar-refractivity contribution in [3.8, 4) is 0 Å². The normalized spacial score (nSPS) is 20.7. The number of nitrogens with zero attached hydrogens (tertiary/aromatic N) is 7. The van der Waals surface area contributed by atoms with Crippen molar-refractivity contribution in [2.75, 3.05) is 73.2 Å². The maximum atomic E-state index is 14.9.